The lowest BCUT2D eigenvalue weighted by Gasteiger charge is -2.04. The summed E-state index contributed by atoms with van der Waals surface area (Å²) in [7, 11) is 0. The molecule has 0 aromatic carbocycles. The Kier molecular flexibility index (Phi) is 9.84. The van der Waals surface area contributed by atoms with Crippen LogP contribution in [0.25, 0.3) is 0 Å². The molecule has 0 rings (SSSR count). The van der Waals surface area contributed by atoms with Crippen molar-refractivity contribution in [2.75, 3.05) is 6.61 Å². The molecule has 0 atom stereocenters. The first-order valence-corrected chi connectivity index (χ1v) is 6.32. The van der Waals surface area contributed by atoms with Gasteiger partial charge in [0.15, 0.2) is 0 Å². The highest BCUT2D eigenvalue weighted by Crippen LogP contribution is 2.12. The number of rotatable bonds is 9. The molecule has 0 spiro atoms. The fourth-order valence-corrected chi connectivity index (χ4v) is 1.56. The Balaban J connectivity index is 3.65. The van der Waals surface area contributed by atoms with Gasteiger partial charge < -0.3 is 4.74 Å². The third kappa shape index (κ3) is 7.30. The van der Waals surface area contributed by atoms with Crippen molar-refractivity contribution in [3.05, 3.63) is 17.9 Å². The van der Waals surface area contributed by atoms with Crippen LogP contribution in [-0.4, -0.2) is 12.6 Å². The molecule has 0 unspecified atom stereocenters. The van der Waals surface area contributed by atoms with E-state index in [-0.39, 0.29) is 5.97 Å². The molecule has 0 fully saturated rings. The third-order valence-electron chi connectivity index (χ3n) is 2.52. The summed E-state index contributed by atoms with van der Waals surface area (Å²) >= 11 is 0. The quantitative estimate of drug-likeness (QED) is 0.256. The van der Waals surface area contributed by atoms with Crippen LogP contribution in [0.1, 0.15) is 58.8 Å². The number of unbranched alkanes of at least 4 members (excludes halogenated alkanes) is 5. The van der Waals surface area contributed by atoms with Crippen molar-refractivity contribution in [1.29, 1.82) is 0 Å². The van der Waals surface area contributed by atoms with Gasteiger partial charge in [-0.15, -0.1) is 5.73 Å². The Morgan fingerprint density at radius 2 is 1.75 bits per heavy atom. The molecular formula is C14H24O2. The van der Waals surface area contributed by atoms with Gasteiger partial charge in [0.05, 0.1) is 12.2 Å². The van der Waals surface area contributed by atoms with E-state index in [2.05, 4.69) is 19.2 Å². The van der Waals surface area contributed by atoms with E-state index in [4.69, 9.17) is 4.74 Å². The maximum Gasteiger partial charge on any atom is 0.341 e. The summed E-state index contributed by atoms with van der Waals surface area (Å²) in [6, 6.07) is 0. The molecule has 0 amide bonds. The first-order valence-electron chi connectivity index (χ1n) is 6.32. The van der Waals surface area contributed by atoms with E-state index in [9.17, 15) is 4.79 Å². The van der Waals surface area contributed by atoms with Gasteiger partial charge in [0.1, 0.15) is 0 Å². The van der Waals surface area contributed by atoms with Gasteiger partial charge in [0.25, 0.3) is 0 Å². The van der Waals surface area contributed by atoms with E-state index in [1.54, 1.807) is 0 Å². The largest absolute Gasteiger partial charge is 0.462 e. The summed E-state index contributed by atoms with van der Waals surface area (Å²) in [6.45, 7) is 7.96. The third-order valence-corrected chi connectivity index (χ3v) is 2.52. The van der Waals surface area contributed by atoms with E-state index in [0.717, 1.165) is 12.8 Å². The van der Waals surface area contributed by atoms with Crippen LogP contribution in [0.3, 0.4) is 0 Å². The zero-order chi connectivity index (χ0) is 12.2. The molecule has 0 saturated carbocycles. The molecule has 0 aliphatic carbocycles. The summed E-state index contributed by atoms with van der Waals surface area (Å²) in [5, 5.41) is 0. The van der Waals surface area contributed by atoms with Crippen molar-refractivity contribution in [2.45, 2.75) is 58.8 Å². The van der Waals surface area contributed by atoms with Gasteiger partial charge in [0.2, 0.25) is 0 Å². The van der Waals surface area contributed by atoms with E-state index in [1.165, 1.54) is 32.1 Å². The van der Waals surface area contributed by atoms with Crippen LogP contribution in [0.15, 0.2) is 17.9 Å². The number of hydrogen-bond acceptors (Lipinski definition) is 2. The van der Waals surface area contributed by atoms with Crippen LogP contribution in [0.4, 0.5) is 0 Å². The van der Waals surface area contributed by atoms with Crippen LogP contribution in [0, 0.1) is 0 Å². The van der Waals surface area contributed by atoms with Gasteiger partial charge in [-0.25, -0.2) is 4.79 Å². The van der Waals surface area contributed by atoms with Crippen molar-refractivity contribution < 1.29 is 9.53 Å². The molecule has 0 heterocycles. The minimum Gasteiger partial charge on any atom is -0.462 e. The smallest absolute Gasteiger partial charge is 0.341 e. The SMILES string of the molecule is C=C=C(CCCCCCCC)C(=O)OCC. The highest BCUT2D eigenvalue weighted by molar-refractivity contribution is 5.88. The zero-order valence-corrected chi connectivity index (χ0v) is 10.7. The highest BCUT2D eigenvalue weighted by Gasteiger charge is 2.08. The minimum absolute atomic E-state index is 0.258. The molecule has 0 aromatic rings. The average molecular weight is 224 g/mol. The highest BCUT2D eigenvalue weighted by atomic mass is 16.5. The Hall–Kier alpha value is -1.01. The van der Waals surface area contributed by atoms with Gasteiger partial charge in [-0.3, -0.25) is 0 Å². The second kappa shape index (κ2) is 10.5. The molecule has 16 heavy (non-hydrogen) atoms. The Morgan fingerprint density at radius 1 is 1.12 bits per heavy atom. The first-order chi connectivity index (χ1) is 7.76. The maximum absolute atomic E-state index is 11.4. The molecule has 2 heteroatoms. The number of carbonyl (C=O) groups is 1. The molecule has 0 aliphatic rings. The van der Waals surface area contributed by atoms with Gasteiger partial charge in [-0.1, -0.05) is 45.6 Å². The van der Waals surface area contributed by atoms with Gasteiger partial charge in [0, 0.05) is 0 Å². The Morgan fingerprint density at radius 3 is 2.31 bits per heavy atom. The number of hydrogen-bond donors (Lipinski definition) is 0. The molecule has 0 N–H and O–H groups in total. The second-order valence-electron chi connectivity index (χ2n) is 3.89. The topological polar surface area (TPSA) is 26.3 Å². The summed E-state index contributed by atoms with van der Waals surface area (Å²) in [4.78, 5) is 11.4. The predicted molar refractivity (Wildman–Crippen MR) is 67.3 cm³/mol. The molecular weight excluding hydrogens is 200 g/mol. The van der Waals surface area contributed by atoms with E-state index >= 15 is 0 Å². The number of ether oxygens (including phenoxy) is 1. The van der Waals surface area contributed by atoms with Crippen molar-refractivity contribution in [1.82, 2.24) is 0 Å². The standard InChI is InChI=1S/C14H24O2/c1-4-7-8-9-10-11-12-13(5-2)14(15)16-6-3/h2,4,6-12H2,1,3H3. The summed E-state index contributed by atoms with van der Waals surface area (Å²) in [6.07, 6.45) is 8.06. The van der Waals surface area contributed by atoms with Crippen LogP contribution in [-0.2, 0) is 9.53 Å². The molecule has 92 valence electrons. The molecule has 0 bridgehead atoms. The minimum atomic E-state index is -0.258. The molecule has 0 aliphatic heterocycles. The average Bonchev–Trinajstić information content (AvgIpc) is 2.28. The van der Waals surface area contributed by atoms with Gasteiger partial charge in [-0.05, 0) is 19.8 Å². The van der Waals surface area contributed by atoms with Crippen molar-refractivity contribution in [3.8, 4) is 0 Å². The molecule has 0 radical (unpaired) electrons. The Labute approximate surface area is 99.4 Å². The normalized spacial score (nSPS) is 9.62. The van der Waals surface area contributed by atoms with E-state index in [0.29, 0.717) is 12.2 Å². The monoisotopic (exact) mass is 224 g/mol. The van der Waals surface area contributed by atoms with Crippen LogP contribution in [0.2, 0.25) is 0 Å². The Bertz CT molecular complexity index is 237. The predicted octanol–water partition coefficient (Wildman–Crippen LogP) is 4.01. The summed E-state index contributed by atoms with van der Waals surface area (Å²) < 4.78 is 4.91. The van der Waals surface area contributed by atoms with Crippen molar-refractivity contribution >= 4 is 5.97 Å². The second-order valence-corrected chi connectivity index (χ2v) is 3.89. The summed E-state index contributed by atoms with van der Waals surface area (Å²) in [5.41, 5.74) is 3.28. The fourth-order valence-electron chi connectivity index (χ4n) is 1.56. The van der Waals surface area contributed by atoms with Crippen molar-refractivity contribution in [2.24, 2.45) is 0 Å². The molecule has 0 aromatic heterocycles. The molecule has 2 nitrogen and oxygen atoms in total. The van der Waals surface area contributed by atoms with Gasteiger partial charge in [-0.2, -0.15) is 0 Å². The fraction of sp³-hybridized carbons (Fsp3) is 0.714. The van der Waals surface area contributed by atoms with Crippen LogP contribution < -0.4 is 0 Å². The van der Waals surface area contributed by atoms with E-state index < -0.39 is 0 Å². The molecule has 0 saturated heterocycles. The lowest BCUT2D eigenvalue weighted by molar-refractivity contribution is -0.138. The lowest BCUT2D eigenvalue weighted by Crippen LogP contribution is -2.06. The maximum atomic E-state index is 11.4. The lowest BCUT2D eigenvalue weighted by atomic mass is 10.1. The van der Waals surface area contributed by atoms with Crippen molar-refractivity contribution in [3.63, 3.8) is 0 Å². The number of carbonyl (C=O) groups excluding carboxylic acids is 1. The summed E-state index contributed by atoms with van der Waals surface area (Å²) in [5.74, 6) is -0.258. The van der Waals surface area contributed by atoms with E-state index in [1.807, 2.05) is 6.92 Å². The number of esters is 1. The van der Waals surface area contributed by atoms with Crippen LogP contribution in [0.5, 0.6) is 0 Å². The van der Waals surface area contributed by atoms with Crippen LogP contribution >= 0.6 is 0 Å². The zero-order valence-electron chi connectivity index (χ0n) is 10.7. The first kappa shape index (κ1) is 15.0. The van der Waals surface area contributed by atoms with Gasteiger partial charge >= 0.3 is 5.97 Å².